The molecule has 9 rings (SSSR count). The molecule has 1 aromatic heterocycles. The summed E-state index contributed by atoms with van der Waals surface area (Å²) in [4.78, 5) is 0. The second-order valence-corrected chi connectivity index (χ2v) is 17.2. The number of halogens is 3. The summed E-state index contributed by atoms with van der Waals surface area (Å²) in [5.41, 5.74) is -0.650. The Hall–Kier alpha value is -6.02. The van der Waals surface area contributed by atoms with Crippen molar-refractivity contribution in [2.24, 2.45) is 0 Å². The number of nitrogens with zero attached hydrogens (tertiary/aromatic N) is 2. The molecule has 342 valence electrons. The molecule has 0 unspecified atom stereocenters. The lowest BCUT2D eigenvalue weighted by Gasteiger charge is -2.47. The molecule has 2 N–H and O–H groups in total. The molecule has 2 saturated heterocycles. The summed E-state index contributed by atoms with van der Waals surface area (Å²) in [6.07, 6.45) is -9.99. The van der Waals surface area contributed by atoms with Gasteiger partial charge in [-0.2, -0.15) is 18.4 Å². The first-order chi connectivity index (χ1) is 31.9. The summed E-state index contributed by atoms with van der Waals surface area (Å²) in [5, 5.41) is 33.1. The third kappa shape index (κ3) is 8.96. The largest absolute Gasteiger partial charge is 0.494 e. The van der Waals surface area contributed by atoms with Crippen molar-refractivity contribution in [1.29, 1.82) is 5.26 Å². The SMILES string of the molecule is C[C@]12C[C@H](O[C@H]3O[C@H](COCc4ccccc4)[C@@H](OCc4ccccc4)[C@H](OCc4ccccc4)[C@H]3OCc3ccccc3)[C@](C)(O1)c1c2c(O)n(-c2ccc(C#N)c(C(F)(F)F)c2)c1O. The number of hydrogen-bond donors (Lipinski definition) is 2. The zero-order valence-electron chi connectivity index (χ0n) is 36.3. The van der Waals surface area contributed by atoms with E-state index in [2.05, 4.69) is 0 Å². The fourth-order valence-electron chi connectivity index (χ4n) is 9.45. The molecule has 6 aromatic rings. The average molecular weight is 903 g/mol. The Morgan fingerprint density at radius 2 is 1.18 bits per heavy atom. The van der Waals surface area contributed by atoms with Crippen LogP contribution in [0.25, 0.3) is 5.69 Å². The van der Waals surface area contributed by atoms with Crippen LogP contribution >= 0.6 is 0 Å². The number of aromatic nitrogens is 1. The zero-order chi connectivity index (χ0) is 46.1. The van der Waals surface area contributed by atoms with Gasteiger partial charge in [-0.3, -0.25) is 4.57 Å². The van der Waals surface area contributed by atoms with Crippen LogP contribution in [-0.2, 0) is 77.0 Å². The van der Waals surface area contributed by atoms with E-state index in [1.165, 1.54) is 6.07 Å². The standard InChI is InChI=1S/C52H49F3N2O9/c1-50-26-41(51(2,66-50)43-42(50)47(58)57(48(43)59)38-24-23-37(27-56)39(25-38)52(53,54)55)65-49-46(63-31-36-21-13-6-14-22-36)45(62-30-35-19-11-5-12-20-35)44(61-29-34-17-9-4-10-18-34)40(64-49)32-60-28-33-15-7-3-8-16-33/h3-25,40-41,44-46,49,58-59H,26,28-32H2,1-2H3/t40-,41+,44-,45+,46-,49-,50-,51+/m1/s1. The van der Waals surface area contributed by atoms with E-state index in [0.29, 0.717) is 6.61 Å². The maximum absolute atomic E-state index is 14.1. The highest BCUT2D eigenvalue weighted by molar-refractivity contribution is 5.62. The van der Waals surface area contributed by atoms with E-state index in [4.69, 9.17) is 33.2 Å². The number of alkyl halides is 3. The predicted octanol–water partition coefficient (Wildman–Crippen LogP) is 9.73. The van der Waals surface area contributed by atoms with Crippen molar-refractivity contribution in [1.82, 2.24) is 4.57 Å². The minimum Gasteiger partial charge on any atom is -0.494 e. The molecule has 2 bridgehead atoms. The molecular formula is C52H49F3N2O9. The summed E-state index contributed by atoms with van der Waals surface area (Å²) in [7, 11) is 0. The Morgan fingerprint density at radius 3 is 1.71 bits per heavy atom. The molecule has 5 aromatic carbocycles. The second kappa shape index (κ2) is 18.7. The van der Waals surface area contributed by atoms with E-state index in [1.807, 2.05) is 121 Å². The second-order valence-electron chi connectivity index (χ2n) is 17.2. The lowest BCUT2D eigenvalue weighted by molar-refractivity contribution is -0.341. The van der Waals surface area contributed by atoms with Gasteiger partial charge in [0, 0.05) is 6.42 Å². The summed E-state index contributed by atoms with van der Waals surface area (Å²) in [6, 6.07) is 43.4. The average Bonchev–Trinajstić information content (AvgIpc) is 3.86. The maximum atomic E-state index is 14.1. The van der Waals surface area contributed by atoms with E-state index in [9.17, 15) is 28.6 Å². The molecule has 3 aliphatic heterocycles. The lowest BCUT2D eigenvalue weighted by Crippen LogP contribution is -2.62. The van der Waals surface area contributed by atoms with Crippen LogP contribution in [-0.4, -0.2) is 58.2 Å². The van der Waals surface area contributed by atoms with Gasteiger partial charge in [-0.15, -0.1) is 0 Å². The van der Waals surface area contributed by atoms with Gasteiger partial charge in [0.15, 0.2) is 6.29 Å². The van der Waals surface area contributed by atoms with Gasteiger partial charge in [-0.25, -0.2) is 0 Å². The molecule has 2 fully saturated rings. The van der Waals surface area contributed by atoms with Crippen molar-refractivity contribution in [3.05, 3.63) is 184 Å². The molecule has 66 heavy (non-hydrogen) atoms. The molecule has 3 aliphatic rings. The van der Waals surface area contributed by atoms with Gasteiger partial charge in [-0.05, 0) is 54.3 Å². The van der Waals surface area contributed by atoms with Crippen LogP contribution in [0.2, 0.25) is 0 Å². The van der Waals surface area contributed by atoms with Crippen molar-refractivity contribution in [3.8, 4) is 23.5 Å². The number of nitriles is 1. The third-order valence-electron chi connectivity index (χ3n) is 12.6. The molecule has 4 heterocycles. The fraction of sp³-hybridized carbons (Fsp3) is 0.327. The van der Waals surface area contributed by atoms with Gasteiger partial charge in [0.25, 0.3) is 0 Å². The highest BCUT2D eigenvalue weighted by atomic mass is 19.4. The van der Waals surface area contributed by atoms with E-state index in [1.54, 1.807) is 19.9 Å². The van der Waals surface area contributed by atoms with E-state index in [-0.39, 0.29) is 49.7 Å². The number of hydrogen-bond acceptors (Lipinski definition) is 10. The summed E-state index contributed by atoms with van der Waals surface area (Å²) in [6.45, 7) is 4.39. The predicted molar refractivity (Wildman–Crippen MR) is 234 cm³/mol. The molecule has 14 heteroatoms. The van der Waals surface area contributed by atoms with Gasteiger partial charge in [0.2, 0.25) is 11.8 Å². The van der Waals surface area contributed by atoms with Crippen molar-refractivity contribution in [3.63, 3.8) is 0 Å². The van der Waals surface area contributed by atoms with Crippen LogP contribution in [0.4, 0.5) is 13.2 Å². The van der Waals surface area contributed by atoms with Gasteiger partial charge < -0.3 is 43.4 Å². The molecule has 0 spiro atoms. The Bertz CT molecular complexity index is 2650. The molecule has 0 saturated carbocycles. The summed E-state index contributed by atoms with van der Waals surface area (Å²) in [5.74, 6) is -1.03. The van der Waals surface area contributed by atoms with Gasteiger partial charge >= 0.3 is 6.18 Å². The fourth-order valence-corrected chi connectivity index (χ4v) is 9.45. The van der Waals surface area contributed by atoms with E-state index >= 15 is 0 Å². The maximum Gasteiger partial charge on any atom is 0.417 e. The molecular weight excluding hydrogens is 854 g/mol. The van der Waals surface area contributed by atoms with Crippen LogP contribution in [0.1, 0.15) is 64.8 Å². The van der Waals surface area contributed by atoms with Crippen LogP contribution in [0, 0.1) is 11.3 Å². The lowest BCUT2D eigenvalue weighted by atomic mass is 9.78. The number of fused-ring (bicyclic) bond motifs is 5. The normalized spacial score (nSPS) is 25.7. The minimum absolute atomic E-state index is 0.0765. The third-order valence-corrected chi connectivity index (χ3v) is 12.6. The quantitative estimate of drug-likeness (QED) is 0.0968. The van der Waals surface area contributed by atoms with Crippen LogP contribution in [0.3, 0.4) is 0 Å². The van der Waals surface area contributed by atoms with E-state index in [0.717, 1.165) is 39.0 Å². The zero-order valence-corrected chi connectivity index (χ0v) is 36.3. The van der Waals surface area contributed by atoms with Crippen molar-refractivity contribution >= 4 is 0 Å². The number of benzene rings is 5. The van der Waals surface area contributed by atoms with Crippen LogP contribution in [0.5, 0.6) is 11.8 Å². The highest BCUT2D eigenvalue weighted by Crippen LogP contribution is 2.65. The first-order valence-corrected chi connectivity index (χ1v) is 21.7. The Morgan fingerprint density at radius 1 is 0.682 bits per heavy atom. The first-order valence-electron chi connectivity index (χ1n) is 21.7. The highest BCUT2D eigenvalue weighted by Gasteiger charge is 2.66. The van der Waals surface area contributed by atoms with Crippen LogP contribution < -0.4 is 0 Å². The molecule has 0 aliphatic carbocycles. The molecule has 0 radical (unpaired) electrons. The minimum atomic E-state index is -4.88. The Kier molecular flexibility index (Phi) is 12.8. The Labute approximate surface area is 380 Å². The smallest absolute Gasteiger partial charge is 0.417 e. The Balaban J connectivity index is 1.09. The molecule has 0 amide bonds. The van der Waals surface area contributed by atoms with Crippen molar-refractivity contribution in [2.45, 2.75) is 101 Å². The molecule has 11 nitrogen and oxygen atoms in total. The van der Waals surface area contributed by atoms with Crippen molar-refractivity contribution in [2.75, 3.05) is 6.61 Å². The van der Waals surface area contributed by atoms with E-state index < -0.39 is 77.1 Å². The molecule has 8 atom stereocenters. The number of aromatic hydroxyl groups is 2. The topological polar surface area (TPSA) is 134 Å². The number of rotatable bonds is 16. The van der Waals surface area contributed by atoms with Gasteiger partial charge in [0.05, 0.1) is 78.7 Å². The first kappa shape index (κ1) is 45.1. The number of ether oxygens (including phenoxy) is 7. The summed E-state index contributed by atoms with van der Waals surface area (Å²) >= 11 is 0. The van der Waals surface area contributed by atoms with Crippen molar-refractivity contribution < 1.29 is 56.5 Å². The van der Waals surface area contributed by atoms with Gasteiger partial charge in [-0.1, -0.05) is 121 Å². The summed E-state index contributed by atoms with van der Waals surface area (Å²) < 4.78 is 90.8. The van der Waals surface area contributed by atoms with Gasteiger partial charge in [0.1, 0.15) is 30.0 Å². The monoisotopic (exact) mass is 902 g/mol. The van der Waals surface area contributed by atoms with Crippen LogP contribution in [0.15, 0.2) is 140 Å².